The van der Waals surface area contributed by atoms with Crippen LogP contribution >= 0.6 is 27.5 Å². The molecule has 0 bridgehead atoms. The summed E-state index contributed by atoms with van der Waals surface area (Å²) in [4.78, 5) is 24.2. The van der Waals surface area contributed by atoms with E-state index in [2.05, 4.69) is 31.8 Å². The standard InChI is InChI=1S/C26H25BrClN3O3/c1-17-4-3-5-23(18(17)2)30-25(32)12-13-26(33)31-29-15-20-8-11-24(22(27)14-20)34-16-19-6-9-21(28)10-7-19/h3-11,14-15H,12-13,16H2,1-2H3,(H,30,32)(H,31,33). The van der Waals surface area contributed by atoms with Crippen LogP contribution < -0.4 is 15.5 Å². The first kappa shape index (κ1) is 25.5. The lowest BCUT2D eigenvalue weighted by molar-refractivity contribution is -0.124. The van der Waals surface area contributed by atoms with Crippen LogP contribution in [0.25, 0.3) is 0 Å². The van der Waals surface area contributed by atoms with Gasteiger partial charge in [-0.2, -0.15) is 5.10 Å². The fourth-order valence-corrected chi connectivity index (χ4v) is 3.65. The molecule has 176 valence electrons. The molecule has 0 radical (unpaired) electrons. The van der Waals surface area contributed by atoms with Gasteiger partial charge in [-0.25, -0.2) is 5.43 Å². The molecule has 2 N–H and O–H groups in total. The largest absolute Gasteiger partial charge is 0.488 e. The lowest BCUT2D eigenvalue weighted by atomic mass is 10.1. The molecule has 0 aliphatic rings. The van der Waals surface area contributed by atoms with Gasteiger partial charge in [0.25, 0.3) is 0 Å². The second-order valence-electron chi connectivity index (χ2n) is 7.69. The van der Waals surface area contributed by atoms with Crippen molar-refractivity contribution in [2.75, 3.05) is 5.32 Å². The third kappa shape index (κ3) is 7.71. The predicted octanol–water partition coefficient (Wildman–Crippen LogP) is 6.17. The number of carbonyl (C=O) groups is 2. The molecule has 0 spiro atoms. The topological polar surface area (TPSA) is 79.8 Å². The number of amides is 2. The molecule has 0 aliphatic heterocycles. The van der Waals surface area contributed by atoms with E-state index < -0.39 is 0 Å². The van der Waals surface area contributed by atoms with E-state index in [4.69, 9.17) is 16.3 Å². The summed E-state index contributed by atoms with van der Waals surface area (Å²) in [6.45, 7) is 4.34. The third-order valence-corrected chi connectivity index (χ3v) is 6.00. The van der Waals surface area contributed by atoms with Gasteiger partial charge in [0.15, 0.2) is 0 Å². The van der Waals surface area contributed by atoms with Crippen molar-refractivity contribution in [3.63, 3.8) is 0 Å². The molecule has 0 aromatic heterocycles. The van der Waals surface area contributed by atoms with E-state index in [1.807, 2.05) is 74.5 Å². The van der Waals surface area contributed by atoms with Gasteiger partial charge in [-0.15, -0.1) is 0 Å². The summed E-state index contributed by atoms with van der Waals surface area (Å²) < 4.78 is 6.59. The zero-order valence-electron chi connectivity index (χ0n) is 18.9. The number of benzene rings is 3. The molecule has 0 unspecified atom stereocenters. The molecule has 0 aliphatic carbocycles. The molecule has 3 aromatic carbocycles. The Morgan fingerprint density at radius 2 is 1.76 bits per heavy atom. The molecule has 8 heteroatoms. The quantitative estimate of drug-likeness (QED) is 0.251. The number of carbonyl (C=O) groups excluding carboxylic acids is 2. The summed E-state index contributed by atoms with van der Waals surface area (Å²) in [5, 5.41) is 7.50. The van der Waals surface area contributed by atoms with Crippen molar-refractivity contribution in [3.8, 4) is 5.75 Å². The number of anilines is 1. The Labute approximate surface area is 212 Å². The molecule has 0 fully saturated rings. The normalized spacial score (nSPS) is 10.8. The first-order valence-electron chi connectivity index (χ1n) is 10.7. The molecule has 34 heavy (non-hydrogen) atoms. The minimum absolute atomic E-state index is 0.0369. The molecular formula is C26H25BrClN3O3. The zero-order valence-corrected chi connectivity index (χ0v) is 21.2. The van der Waals surface area contributed by atoms with Crippen LogP contribution in [-0.4, -0.2) is 18.0 Å². The Morgan fingerprint density at radius 3 is 2.50 bits per heavy atom. The number of ether oxygens (including phenoxy) is 1. The van der Waals surface area contributed by atoms with Gasteiger partial charge in [0.1, 0.15) is 12.4 Å². The van der Waals surface area contributed by atoms with E-state index in [1.165, 1.54) is 6.21 Å². The van der Waals surface area contributed by atoms with Crippen LogP contribution in [0.1, 0.15) is 35.1 Å². The number of aryl methyl sites for hydroxylation is 1. The lowest BCUT2D eigenvalue weighted by Gasteiger charge is -2.10. The van der Waals surface area contributed by atoms with Crippen molar-refractivity contribution in [1.82, 2.24) is 5.43 Å². The van der Waals surface area contributed by atoms with Crippen LogP contribution in [0, 0.1) is 13.8 Å². The first-order chi connectivity index (χ1) is 16.3. The molecule has 0 saturated carbocycles. The number of hydrogen-bond donors (Lipinski definition) is 2. The summed E-state index contributed by atoms with van der Waals surface area (Å²) in [6, 6.07) is 18.7. The maximum absolute atomic E-state index is 12.2. The van der Waals surface area contributed by atoms with Gasteiger partial charge < -0.3 is 10.1 Å². The van der Waals surface area contributed by atoms with Gasteiger partial charge in [0, 0.05) is 23.6 Å². The number of rotatable bonds is 9. The first-order valence-corrected chi connectivity index (χ1v) is 11.8. The maximum atomic E-state index is 12.2. The summed E-state index contributed by atoms with van der Waals surface area (Å²) in [5.41, 5.74) is 7.10. The van der Waals surface area contributed by atoms with Gasteiger partial charge >= 0.3 is 0 Å². The number of hydrazone groups is 1. The predicted molar refractivity (Wildman–Crippen MR) is 139 cm³/mol. The molecule has 0 saturated heterocycles. The molecule has 0 atom stereocenters. The second kappa shape index (κ2) is 12.3. The highest BCUT2D eigenvalue weighted by Crippen LogP contribution is 2.26. The Kier molecular flexibility index (Phi) is 9.24. The van der Waals surface area contributed by atoms with Gasteiger partial charge in [0.05, 0.1) is 10.7 Å². The third-order valence-electron chi connectivity index (χ3n) is 5.12. The van der Waals surface area contributed by atoms with Gasteiger partial charge in [0.2, 0.25) is 11.8 Å². The maximum Gasteiger partial charge on any atom is 0.240 e. The fraction of sp³-hybridized carbons (Fsp3) is 0.192. The van der Waals surface area contributed by atoms with E-state index in [0.717, 1.165) is 32.4 Å². The van der Waals surface area contributed by atoms with E-state index >= 15 is 0 Å². The van der Waals surface area contributed by atoms with E-state index in [0.29, 0.717) is 17.4 Å². The van der Waals surface area contributed by atoms with Crippen molar-refractivity contribution >= 4 is 51.2 Å². The van der Waals surface area contributed by atoms with E-state index in [1.54, 1.807) is 0 Å². The monoisotopic (exact) mass is 541 g/mol. The van der Waals surface area contributed by atoms with Crippen LogP contribution in [0.2, 0.25) is 5.02 Å². The SMILES string of the molecule is Cc1cccc(NC(=O)CCC(=O)NN=Cc2ccc(OCc3ccc(Cl)cc3)c(Br)c2)c1C. The molecule has 6 nitrogen and oxygen atoms in total. The smallest absolute Gasteiger partial charge is 0.240 e. The van der Waals surface area contributed by atoms with Crippen molar-refractivity contribution in [2.45, 2.75) is 33.3 Å². The minimum Gasteiger partial charge on any atom is -0.488 e. The van der Waals surface area contributed by atoms with Crippen LogP contribution in [0.3, 0.4) is 0 Å². The van der Waals surface area contributed by atoms with Gasteiger partial charge in [-0.3, -0.25) is 9.59 Å². The molecule has 3 rings (SSSR count). The van der Waals surface area contributed by atoms with Crippen molar-refractivity contribution < 1.29 is 14.3 Å². The lowest BCUT2D eigenvalue weighted by Crippen LogP contribution is -2.21. The number of halogens is 2. The molecule has 0 heterocycles. The zero-order chi connectivity index (χ0) is 24.5. The fourth-order valence-electron chi connectivity index (χ4n) is 3.02. The van der Waals surface area contributed by atoms with E-state index in [-0.39, 0.29) is 24.7 Å². The van der Waals surface area contributed by atoms with Crippen LogP contribution in [0.4, 0.5) is 5.69 Å². The summed E-state index contributed by atoms with van der Waals surface area (Å²) in [7, 11) is 0. The van der Waals surface area contributed by atoms with Crippen molar-refractivity contribution in [1.29, 1.82) is 0 Å². The number of nitrogens with one attached hydrogen (secondary N) is 2. The summed E-state index contributed by atoms with van der Waals surface area (Å²) >= 11 is 9.39. The summed E-state index contributed by atoms with van der Waals surface area (Å²) in [5.74, 6) is 0.131. The Balaban J connectivity index is 1.43. The number of hydrogen-bond acceptors (Lipinski definition) is 4. The van der Waals surface area contributed by atoms with Crippen LogP contribution in [-0.2, 0) is 16.2 Å². The highest BCUT2D eigenvalue weighted by Gasteiger charge is 2.09. The molecule has 2 amide bonds. The highest BCUT2D eigenvalue weighted by atomic mass is 79.9. The highest BCUT2D eigenvalue weighted by molar-refractivity contribution is 9.10. The average molecular weight is 543 g/mol. The van der Waals surface area contributed by atoms with Gasteiger partial charge in [-0.05, 0) is 88.4 Å². The Hall–Kier alpha value is -3.16. The molecule has 3 aromatic rings. The van der Waals surface area contributed by atoms with Crippen LogP contribution in [0.15, 0.2) is 70.2 Å². The summed E-state index contributed by atoms with van der Waals surface area (Å²) in [6.07, 6.45) is 1.64. The molecular weight excluding hydrogens is 518 g/mol. The van der Waals surface area contributed by atoms with Gasteiger partial charge in [-0.1, -0.05) is 35.9 Å². The van der Waals surface area contributed by atoms with Crippen molar-refractivity contribution in [2.24, 2.45) is 5.10 Å². The van der Waals surface area contributed by atoms with Crippen molar-refractivity contribution in [3.05, 3.63) is 92.4 Å². The van der Waals surface area contributed by atoms with E-state index in [9.17, 15) is 9.59 Å². The average Bonchev–Trinajstić information content (AvgIpc) is 2.81. The number of nitrogens with zero attached hydrogens (tertiary/aromatic N) is 1. The Morgan fingerprint density at radius 1 is 1.03 bits per heavy atom. The Bertz CT molecular complexity index is 1200. The second-order valence-corrected chi connectivity index (χ2v) is 8.98. The minimum atomic E-state index is -0.339. The van der Waals surface area contributed by atoms with Crippen LogP contribution in [0.5, 0.6) is 5.75 Å².